The second kappa shape index (κ2) is 9.53. The van der Waals surface area contributed by atoms with Gasteiger partial charge in [0.25, 0.3) is 5.91 Å². The number of rotatable bonds is 6. The van der Waals surface area contributed by atoms with Crippen LogP contribution in [0.3, 0.4) is 0 Å². The smallest absolute Gasteiger partial charge is 0.335 e. The van der Waals surface area contributed by atoms with Gasteiger partial charge in [-0.25, -0.2) is 4.79 Å². The third-order valence-corrected chi connectivity index (χ3v) is 4.75. The van der Waals surface area contributed by atoms with Crippen molar-refractivity contribution in [2.75, 3.05) is 31.5 Å². The Balaban J connectivity index is 1.57. The zero-order chi connectivity index (χ0) is 20.6. The summed E-state index contributed by atoms with van der Waals surface area (Å²) in [5.74, 6) is -1.36. The predicted octanol–water partition coefficient (Wildman–Crippen LogP) is 2.55. The summed E-state index contributed by atoms with van der Waals surface area (Å²) in [6, 6.07) is 18.3. The van der Waals surface area contributed by atoms with Crippen LogP contribution in [0.2, 0.25) is 0 Å². The molecular weight excluding hydrogens is 368 g/mol. The van der Waals surface area contributed by atoms with Gasteiger partial charge < -0.3 is 15.3 Å². The van der Waals surface area contributed by atoms with Gasteiger partial charge in [0.1, 0.15) is 11.6 Å². The number of benzene rings is 2. The standard InChI is InChI=1S/C22H22N4O3/c23-14-19(15-24-20-8-4-7-18(13-20)22(28)29)21(27)26-11-9-25(10-12-26)16-17-5-2-1-3-6-17/h1-8,13,15,24H,9-12,16H2,(H,28,29)/b19-15-. The lowest BCUT2D eigenvalue weighted by molar-refractivity contribution is -0.128. The molecule has 1 aliphatic heterocycles. The molecule has 29 heavy (non-hydrogen) atoms. The van der Waals surface area contributed by atoms with Crippen LogP contribution in [0.5, 0.6) is 0 Å². The van der Waals surface area contributed by atoms with Crippen molar-refractivity contribution in [2.24, 2.45) is 0 Å². The van der Waals surface area contributed by atoms with Gasteiger partial charge in [0, 0.05) is 44.6 Å². The van der Waals surface area contributed by atoms with E-state index in [4.69, 9.17) is 5.11 Å². The molecule has 148 valence electrons. The van der Waals surface area contributed by atoms with Crippen molar-refractivity contribution in [2.45, 2.75) is 6.54 Å². The number of nitrogens with zero attached hydrogens (tertiary/aromatic N) is 3. The van der Waals surface area contributed by atoms with Crippen molar-refractivity contribution in [3.05, 3.63) is 77.5 Å². The maximum absolute atomic E-state index is 12.7. The molecule has 1 amide bonds. The highest BCUT2D eigenvalue weighted by molar-refractivity contribution is 5.97. The molecule has 1 saturated heterocycles. The number of carboxylic acids is 1. The highest BCUT2D eigenvalue weighted by atomic mass is 16.4. The quantitative estimate of drug-likeness (QED) is 0.581. The molecule has 1 heterocycles. The normalized spacial score (nSPS) is 14.9. The summed E-state index contributed by atoms with van der Waals surface area (Å²) in [6.07, 6.45) is 1.33. The molecule has 0 aliphatic carbocycles. The zero-order valence-corrected chi connectivity index (χ0v) is 15.9. The van der Waals surface area contributed by atoms with E-state index < -0.39 is 5.97 Å². The number of nitriles is 1. The molecule has 1 aliphatic rings. The van der Waals surface area contributed by atoms with E-state index in [1.54, 1.807) is 17.0 Å². The monoisotopic (exact) mass is 390 g/mol. The molecule has 0 saturated carbocycles. The van der Waals surface area contributed by atoms with Gasteiger partial charge in [-0.3, -0.25) is 9.69 Å². The van der Waals surface area contributed by atoms with Gasteiger partial charge in [-0.1, -0.05) is 36.4 Å². The molecule has 7 heteroatoms. The highest BCUT2D eigenvalue weighted by Gasteiger charge is 2.23. The van der Waals surface area contributed by atoms with Crippen LogP contribution >= 0.6 is 0 Å². The van der Waals surface area contributed by atoms with E-state index in [1.807, 2.05) is 24.3 Å². The van der Waals surface area contributed by atoms with Crippen LogP contribution < -0.4 is 5.32 Å². The summed E-state index contributed by atoms with van der Waals surface area (Å²) < 4.78 is 0. The lowest BCUT2D eigenvalue weighted by atomic mass is 10.2. The van der Waals surface area contributed by atoms with Gasteiger partial charge in [0.05, 0.1) is 5.56 Å². The minimum atomic E-state index is -1.04. The lowest BCUT2D eigenvalue weighted by Gasteiger charge is -2.34. The van der Waals surface area contributed by atoms with Gasteiger partial charge in [0.2, 0.25) is 0 Å². The fourth-order valence-corrected chi connectivity index (χ4v) is 3.16. The molecule has 2 N–H and O–H groups in total. The summed E-state index contributed by atoms with van der Waals surface area (Å²) in [6.45, 7) is 3.44. The predicted molar refractivity (Wildman–Crippen MR) is 109 cm³/mol. The number of anilines is 1. The number of aromatic carboxylic acids is 1. The number of amides is 1. The van der Waals surface area contributed by atoms with Gasteiger partial charge in [-0.15, -0.1) is 0 Å². The number of hydrogen-bond donors (Lipinski definition) is 2. The Kier molecular flexibility index (Phi) is 6.61. The average Bonchev–Trinajstić information content (AvgIpc) is 2.75. The van der Waals surface area contributed by atoms with Crippen molar-refractivity contribution in [3.63, 3.8) is 0 Å². The highest BCUT2D eigenvalue weighted by Crippen LogP contribution is 2.13. The summed E-state index contributed by atoms with van der Waals surface area (Å²) in [5, 5.41) is 21.3. The molecular formula is C22H22N4O3. The minimum absolute atomic E-state index is 0.0118. The number of carboxylic acid groups (broad SMARTS) is 1. The van der Waals surface area contributed by atoms with Gasteiger partial charge in [0.15, 0.2) is 0 Å². The van der Waals surface area contributed by atoms with Crippen molar-refractivity contribution < 1.29 is 14.7 Å². The van der Waals surface area contributed by atoms with Crippen LogP contribution in [0.25, 0.3) is 0 Å². The van der Waals surface area contributed by atoms with Crippen molar-refractivity contribution >= 4 is 17.6 Å². The molecule has 2 aromatic rings. The first-order chi connectivity index (χ1) is 14.1. The fraction of sp³-hybridized carbons (Fsp3) is 0.227. The molecule has 7 nitrogen and oxygen atoms in total. The van der Waals surface area contributed by atoms with Gasteiger partial charge in [-0.2, -0.15) is 5.26 Å². The van der Waals surface area contributed by atoms with Crippen LogP contribution in [0, 0.1) is 11.3 Å². The number of hydrogen-bond acceptors (Lipinski definition) is 5. The summed E-state index contributed by atoms with van der Waals surface area (Å²) in [4.78, 5) is 27.7. The number of nitrogens with one attached hydrogen (secondary N) is 1. The summed E-state index contributed by atoms with van der Waals surface area (Å²) in [7, 11) is 0. The Morgan fingerprint density at radius 1 is 1.07 bits per heavy atom. The Morgan fingerprint density at radius 3 is 2.45 bits per heavy atom. The Morgan fingerprint density at radius 2 is 1.79 bits per heavy atom. The molecule has 0 aromatic heterocycles. The SMILES string of the molecule is N#C/C(=C/Nc1cccc(C(=O)O)c1)C(=O)N1CCN(Cc2ccccc2)CC1. The van der Waals surface area contributed by atoms with Gasteiger partial charge in [-0.05, 0) is 23.8 Å². The summed E-state index contributed by atoms with van der Waals surface area (Å²) in [5.41, 5.74) is 1.85. The van der Waals surface area contributed by atoms with Gasteiger partial charge >= 0.3 is 5.97 Å². The average molecular weight is 390 g/mol. The number of piperazine rings is 1. The first-order valence-corrected chi connectivity index (χ1v) is 9.32. The van der Waals surface area contributed by atoms with E-state index >= 15 is 0 Å². The molecule has 2 aromatic carbocycles. The molecule has 0 atom stereocenters. The second-order valence-corrected chi connectivity index (χ2v) is 6.75. The van der Waals surface area contributed by atoms with E-state index in [0.29, 0.717) is 18.8 Å². The molecule has 0 spiro atoms. The second-order valence-electron chi connectivity index (χ2n) is 6.75. The molecule has 1 fully saturated rings. The van der Waals surface area contributed by atoms with Crippen molar-refractivity contribution in [1.29, 1.82) is 5.26 Å². The van der Waals surface area contributed by atoms with E-state index in [1.165, 1.54) is 23.9 Å². The van der Waals surface area contributed by atoms with E-state index in [9.17, 15) is 14.9 Å². The first-order valence-electron chi connectivity index (χ1n) is 9.32. The Hall–Kier alpha value is -3.63. The van der Waals surface area contributed by atoms with E-state index in [0.717, 1.165) is 19.6 Å². The van der Waals surface area contributed by atoms with Crippen LogP contribution in [-0.2, 0) is 11.3 Å². The maximum Gasteiger partial charge on any atom is 0.335 e. The van der Waals surface area contributed by atoms with Crippen molar-refractivity contribution in [3.8, 4) is 6.07 Å². The van der Waals surface area contributed by atoms with Crippen LogP contribution in [0.4, 0.5) is 5.69 Å². The minimum Gasteiger partial charge on any atom is -0.478 e. The number of carbonyl (C=O) groups is 2. The number of carbonyl (C=O) groups excluding carboxylic acids is 1. The fourth-order valence-electron chi connectivity index (χ4n) is 3.16. The maximum atomic E-state index is 12.7. The molecule has 0 unspecified atom stereocenters. The topological polar surface area (TPSA) is 96.7 Å². The Bertz CT molecular complexity index is 942. The molecule has 3 rings (SSSR count). The largest absolute Gasteiger partial charge is 0.478 e. The molecule has 0 radical (unpaired) electrons. The van der Waals surface area contributed by atoms with Crippen molar-refractivity contribution in [1.82, 2.24) is 9.80 Å². The summed E-state index contributed by atoms with van der Waals surface area (Å²) >= 11 is 0. The third kappa shape index (κ3) is 5.43. The third-order valence-electron chi connectivity index (χ3n) is 4.75. The van der Waals surface area contributed by atoms with Crippen LogP contribution in [0.1, 0.15) is 15.9 Å². The Labute approximate surface area is 169 Å². The van der Waals surface area contributed by atoms with E-state index in [2.05, 4.69) is 22.3 Å². The van der Waals surface area contributed by atoms with Crippen LogP contribution in [0.15, 0.2) is 66.4 Å². The van der Waals surface area contributed by atoms with E-state index in [-0.39, 0.29) is 17.0 Å². The lowest BCUT2D eigenvalue weighted by Crippen LogP contribution is -2.48. The first kappa shape index (κ1) is 20.1. The zero-order valence-electron chi connectivity index (χ0n) is 15.9. The molecule has 0 bridgehead atoms. The van der Waals surface area contributed by atoms with Crippen LogP contribution in [-0.4, -0.2) is 53.0 Å².